The van der Waals surface area contributed by atoms with Crippen LogP contribution in [0.15, 0.2) is 48.1 Å². The molecule has 0 aromatic heterocycles. The maximum atomic E-state index is 7.16. The molecule has 3 N–H and O–H groups in total. The van der Waals surface area contributed by atoms with Crippen LogP contribution < -0.4 is 5.73 Å². The van der Waals surface area contributed by atoms with Gasteiger partial charge in [-0.25, -0.2) is 0 Å². The van der Waals surface area contributed by atoms with Crippen LogP contribution in [0.4, 0.5) is 0 Å². The highest BCUT2D eigenvalue weighted by atomic mass is 14.7. The van der Waals surface area contributed by atoms with E-state index in [9.17, 15) is 0 Å². The summed E-state index contributed by atoms with van der Waals surface area (Å²) in [6.45, 7) is 0. The molecule has 0 aromatic rings. The molecule has 0 aliphatic heterocycles. The van der Waals surface area contributed by atoms with Gasteiger partial charge < -0.3 is 5.73 Å². The lowest BCUT2D eigenvalue weighted by atomic mass is 10.2. The fraction of sp³-hybridized carbons (Fsp3) is 0. The lowest BCUT2D eigenvalue weighted by Gasteiger charge is -1.96. The average molecular weight is 146 g/mol. The molecule has 0 radical (unpaired) electrons. The summed E-state index contributed by atoms with van der Waals surface area (Å²) in [5, 5.41) is 7.16. The summed E-state index contributed by atoms with van der Waals surface area (Å²) in [6, 6.07) is 0. The van der Waals surface area contributed by atoms with Gasteiger partial charge in [-0.1, -0.05) is 42.5 Å². The van der Waals surface area contributed by atoms with Crippen molar-refractivity contribution in [3.8, 4) is 0 Å². The Kier molecular flexibility index (Phi) is 2.44. The normalized spacial score (nSPS) is 15.5. The molecule has 11 heavy (non-hydrogen) atoms. The van der Waals surface area contributed by atoms with E-state index in [1.165, 1.54) is 0 Å². The predicted octanol–water partition coefficient (Wildman–Crippen LogP) is 1.53. The zero-order chi connectivity index (χ0) is 8.10. The third-order valence-electron chi connectivity index (χ3n) is 1.31. The maximum absolute atomic E-state index is 7.16. The molecule has 0 heterocycles. The van der Waals surface area contributed by atoms with Gasteiger partial charge in [0.05, 0.1) is 0 Å². The topological polar surface area (TPSA) is 49.9 Å². The van der Waals surface area contributed by atoms with Gasteiger partial charge in [-0.05, 0) is 0 Å². The standard InChI is InChI=1S/C9H10N2/c10-9(11)8-6-4-2-1-3-5-7-8/h1-7H,(H3,10,11). The molecule has 0 bridgehead atoms. The minimum absolute atomic E-state index is 0.0983. The number of hydrogen-bond donors (Lipinski definition) is 2. The van der Waals surface area contributed by atoms with Crippen molar-refractivity contribution in [2.45, 2.75) is 0 Å². The molecular weight excluding hydrogens is 136 g/mol. The second-order valence-electron chi connectivity index (χ2n) is 2.16. The van der Waals surface area contributed by atoms with E-state index in [0.717, 1.165) is 5.57 Å². The van der Waals surface area contributed by atoms with Gasteiger partial charge in [0.2, 0.25) is 0 Å². The largest absolute Gasteiger partial charge is 0.384 e. The third-order valence-corrected chi connectivity index (χ3v) is 1.31. The molecule has 56 valence electrons. The van der Waals surface area contributed by atoms with E-state index >= 15 is 0 Å². The second-order valence-corrected chi connectivity index (χ2v) is 2.16. The van der Waals surface area contributed by atoms with Gasteiger partial charge in [-0.15, -0.1) is 0 Å². The molecule has 0 aromatic carbocycles. The summed E-state index contributed by atoms with van der Waals surface area (Å²) in [4.78, 5) is 0. The first-order chi connectivity index (χ1) is 5.30. The van der Waals surface area contributed by atoms with Crippen molar-refractivity contribution in [3.05, 3.63) is 48.1 Å². The van der Waals surface area contributed by atoms with Crippen molar-refractivity contribution in [2.75, 3.05) is 0 Å². The fourth-order valence-electron chi connectivity index (χ4n) is 0.746. The Labute approximate surface area is 65.9 Å². The zero-order valence-corrected chi connectivity index (χ0v) is 6.12. The van der Waals surface area contributed by atoms with Crippen molar-refractivity contribution in [1.29, 1.82) is 5.41 Å². The first kappa shape index (κ1) is 7.54. The molecule has 0 spiro atoms. The molecule has 0 amide bonds. The highest BCUT2D eigenvalue weighted by molar-refractivity contribution is 5.97. The molecule has 0 saturated carbocycles. The molecular formula is C9H10N2. The Bertz CT molecular complexity index is 267. The Morgan fingerprint density at radius 1 is 1.09 bits per heavy atom. The van der Waals surface area contributed by atoms with Gasteiger partial charge in [0.15, 0.2) is 0 Å². The van der Waals surface area contributed by atoms with Gasteiger partial charge >= 0.3 is 0 Å². The van der Waals surface area contributed by atoms with Crippen molar-refractivity contribution >= 4 is 5.84 Å². The van der Waals surface area contributed by atoms with Crippen LogP contribution in [-0.2, 0) is 0 Å². The van der Waals surface area contributed by atoms with E-state index in [1.54, 1.807) is 0 Å². The van der Waals surface area contributed by atoms with Crippen molar-refractivity contribution in [3.63, 3.8) is 0 Å². The number of nitrogens with one attached hydrogen (secondary N) is 1. The third kappa shape index (κ3) is 2.26. The minimum atomic E-state index is 0.0983. The van der Waals surface area contributed by atoms with Crippen LogP contribution in [0.2, 0.25) is 0 Å². The van der Waals surface area contributed by atoms with Gasteiger partial charge in [-0.2, -0.15) is 0 Å². The summed E-state index contributed by atoms with van der Waals surface area (Å²) in [6.07, 6.45) is 13.0. The molecule has 0 fully saturated rings. The van der Waals surface area contributed by atoms with Crippen molar-refractivity contribution in [1.82, 2.24) is 0 Å². The quantitative estimate of drug-likeness (QED) is 0.427. The van der Waals surface area contributed by atoms with E-state index in [4.69, 9.17) is 11.1 Å². The molecule has 0 unspecified atom stereocenters. The molecule has 1 rings (SSSR count). The van der Waals surface area contributed by atoms with Gasteiger partial charge in [0.1, 0.15) is 5.84 Å². The van der Waals surface area contributed by atoms with Crippen LogP contribution in [-0.4, -0.2) is 5.84 Å². The molecule has 2 nitrogen and oxygen atoms in total. The highest BCUT2D eigenvalue weighted by Crippen LogP contribution is 1.99. The van der Waals surface area contributed by atoms with E-state index < -0.39 is 0 Å². The van der Waals surface area contributed by atoms with Crippen molar-refractivity contribution < 1.29 is 0 Å². The van der Waals surface area contributed by atoms with E-state index in [1.807, 2.05) is 42.5 Å². The van der Waals surface area contributed by atoms with Crippen LogP contribution in [0.25, 0.3) is 0 Å². The fourth-order valence-corrected chi connectivity index (χ4v) is 0.746. The maximum Gasteiger partial charge on any atom is 0.122 e. The monoisotopic (exact) mass is 146 g/mol. The highest BCUT2D eigenvalue weighted by Gasteiger charge is 1.92. The van der Waals surface area contributed by atoms with Gasteiger partial charge in [-0.3, -0.25) is 5.41 Å². The van der Waals surface area contributed by atoms with Crippen LogP contribution >= 0.6 is 0 Å². The molecule has 0 saturated heterocycles. The second kappa shape index (κ2) is 3.56. The number of allylic oxidation sites excluding steroid dienone is 6. The van der Waals surface area contributed by atoms with Gasteiger partial charge in [0, 0.05) is 5.57 Å². The zero-order valence-electron chi connectivity index (χ0n) is 6.12. The molecule has 2 heteroatoms. The average Bonchev–Trinajstić information content (AvgIpc) is 1.84. The molecule has 0 atom stereocenters. The summed E-state index contributed by atoms with van der Waals surface area (Å²) in [5.74, 6) is 0.0983. The Balaban J connectivity index is 2.87. The number of hydrogen-bond acceptors (Lipinski definition) is 1. The first-order valence-electron chi connectivity index (χ1n) is 3.37. The van der Waals surface area contributed by atoms with E-state index in [-0.39, 0.29) is 5.84 Å². The summed E-state index contributed by atoms with van der Waals surface area (Å²) in [5.41, 5.74) is 6.03. The number of nitrogens with two attached hydrogens (primary N) is 1. The van der Waals surface area contributed by atoms with Gasteiger partial charge in [0.25, 0.3) is 0 Å². The van der Waals surface area contributed by atoms with E-state index in [0.29, 0.717) is 0 Å². The minimum Gasteiger partial charge on any atom is -0.384 e. The predicted molar refractivity (Wildman–Crippen MR) is 47.4 cm³/mol. The molecule has 1 aliphatic carbocycles. The van der Waals surface area contributed by atoms with Crippen molar-refractivity contribution in [2.24, 2.45) is 5.73 Å². The van der Waals surface area contributed by atoms with Crippen LogP contribution in [0.5, 0.6) is 0 Å². The van der Waals surface area contributed by atoms with Crippen LogP contribution in [0, 0.1) is 5.41 Å². The Morgan fingerprint density at radius 3 is 2.45 bits per heavy atom. The smallest absolute Gasteiger partial charge is 0.122 e. The summed E-state index contributed by atoms with van der Waals surface area (Å²) < 4.78 is 0. The lowest BCUT2D eigenvalue weighted by Crippen LogP contribution is -2.11. The summed E-state index contributed by atoms with van der Waals surface area (Å²) in [7, 11) is 0. The van der Waals surface area contributed by atoms with E-state index in [2.05, 4.69) is 0 Å². The number of rotatable bonds is 1. The lowest BCUT2D eigenvalue weighted by molar-refractivity contribution is 1.43. The van der Waals surface area contributed by atoms with Crippen LogP contribution in [0.3, 0.4) is 0 Å². The number of amidine groups is 1. The Morgan fingerprint density at radius 2 is 1.73 bits per heavy atom. The SMILES string of the molecule is N=C(N)C1=CC=CC=CC=C1. The summed E-state index contributed by atoms with van der Waals surface area (Å²) >= 11 is 0. The van der Waals surface area contributed by atoms with Crippen LogP contribution in [0.1, 0.15) is 0 Å². The molecule has 1 aliphatic rings. The first-order valence-corrected chi connectivity index (χ1v) is 3.37. The Hall–Kier alpha value is -1.57.